The van der Waals surface area contributed by atoms with Gasteiger partial charge in [0.1, 0.15) is 5.82 Å². The molecule has 0 saturated carbocycles. The number of halogens is 1. The molecule has 0 aliphatic rings. The smallest absolute Gasteiger partial charge is 0.280 e. The van der Waals surface area contributed by atoms with Crippen molar-refractivity contribution < 1.29 is 13.6 Å². The maximum absolute atomic E-state index is 13.1. The summed E-state index contributed by atoms with van der Waals surface area (Å²) in [7, 11) is 0. The van der Waals surface area contributed by atoms with Crippen LogP contribution in [0.1, 0.15) is 10.5 Å². The van der Waals surface area contributed by atoms with E-state index in [4.69, 9.17) is 4.42 Å². The van der Waals surface area contributed by atoms with Crippen molar-refractivity contribution in [2.24, 2.45) is 0 Å². The molecule has 0 radical (unpaired) electrons. The van der Waals surface area contributed by atoms with Crippen molar-refractivity contribution >= 4 is 22.4 Å². The number of aromatic nitrogens is 3. The van der Waals surface area contributed by atoms with Crippen LogP contribution in [0, 0.1) is 5.82 Å². The minimum atomic E-state index is -0.454. The fourth-order valence-corrected chi connectivity index (χ4v) is 3.15. The number of thiazole rings is 1. The molecule has 0 aliphatic heterocycles. The number of pyridine rings is 1. The summed E-state index contributed by atoms with van der Waals surface area (Å²) in [4.78, 5) is 25.7. The molecule has 1 amide bonds. The zero-order valence-electron chi connectivity index (χ0n) is 13.2. The number of rotatable bonds is 4. The molecule has 0 fully saturated rings. The standard InChI is InChI=1S/C18H11FN4O2S/c19-13-5-3-11(4-6-13)16-15(22-10-25-16)17(24)23-18-21-9-14(26-18)12-2-1-7-20-8-12/h1-10H,(H,21,23,24). The van der Waals surface area contributed by atoms with Crippen LogP contribution in [0.4, 0.5) is 9.52 Å². The second-order valence-corrected chi connectivity index (χ2v) is 6.29. The number of carbonyl (C=O) groups excluding carboxylic acids is 1. The van der Waals surface area contributed by atoms with Crippen LogP contribution in [0.15, 0.2) is 65.8 Å². The maximum Gasteiger partial charge on any atom is 0.280 e. The molecule has 0 saturated heterocycles. The zero-order chi connectivity index (χ0) is 17.9. The molecule has 0 atom stereocenters. The van der Waals surface area contributed by atoms with Gasteiger partial charge >= 0.3 is 0 Å². The highest BCUT2D eigenvalue weighted by molar-refractivity contribution is 7.19. The summed E-state index contributed by atoms with van der Waals surface area (Å²) in [5.41, 5.74) is 1.58. The van der Waals surface area contributed by atoms with Crippen LogP contribution in [0.2, 0.25) is 0 Å². The summed E-state index contributed by atoms with van der Waals surface area (Å²) < 4.78 is 18.4. The van der Waals surface area contributed by atoms with Gasteiger partial charge in [-0.1, -0.05) is 17.4 Å². The predicted molar refractivity (Wildman–Crippen MR) is 95.2 cm³/mol. The van der Waals surface area contributed by atoms with Gasteiger partial charge in [0.15, 0.2) is 23.0 Å². The summed E-state index contributed by atoms with van der Waals surface area (Å²) in [6.45, 7) is 0. The number of oxazole rings is 1. The van der Waals surface area contributed by atoms with Crippen LogP contribution in [-0.4, -0.2) is 20.9 Å². The van der Waals surface area contributed by atoms with Crippen molar-refractivity contribution in [1.82, 2.24) is 15.0 Å². The van der Waals surface area contributed by atoms with E-state index in [1.54, 1.807) is 18.6 Å². The lowest BCUT2D eigenvalue weighted by molar-refractivity contribution is 0.102. The Labute approximate surface area is 151 Å². The van der Waals surface area contributed by atoms with E-state index < -0.39 is 5.91 Å². The van der Waals surface area contributed by atoms with Gasteiger partial charge in [-0.25, -0.2) is 14.4 Å². The summed E-state index contributed by atoms with van der Waals surface area (Å²) >= 11 is 1.32. The number of nitrogens with one attached hydrogen (secondary N) is 1. The summed E-state index contributed by atoms with van der Waals surface area (Å²) in [5.74, 6) is -0.554. The van der Waals surface area contributed by atoms with Gasteiger partial charge in [-0.3, -0.25) is 15.1 Å². The second-order valence-electron chi connectivity index (χ2n) is 5.26. The Kier molecular flexibility index (Phi) is 4.24. The normalized spacial score (nSPS) is 10.7. The molecule has 128 valence electrons. The van der Waals surface area contributed by atoms with Crippen molar-refractivity contribution in [2.45, 2.75) is 0 Å². The zero-order valence-corrected chi connectivity index (χ0v) is 14.0. The van der Waals surface area contributed by atoms with Crippen molar-refractivity contribution in [1.29, 1.82) is 0 Å². The third kappa shape index (κ3) is 3.22. The summed E-state index contributed by atoms with van der Waals surface area (Å²) in [6.07, 6.45) is 6.26. The molecule has 4 aromatic rings. The Morgan fingerprint density at radius 3 is 2.69 bits per heavy atom. The largest absolute Gasteiger partial charge is 0.443 e. The number of benzene rings is 1. The van der Waals surface area contributed by atoms with Gasteiger partial charge in [0, 0.05) is 29.7 Å². The highest BCUT2D eigenvalue weighted by Gasteiger charge is 2.19. The molecule has 0 aliphatic carbocycles. The molecule has 3 aromatic heterocycles. The van der Waals surface area contributed by atoms with Crippen molar-refractivity contribution in [2.75, 3.05) is 5.32 Å². The first-order valence-corrected chi connectivity index (χ1v) is 8.39. The Hall–Kier alpha value is -3.39. The molecule has 1 aromatic carbocycles. The van der Waals surface area contributed by atoms with Gasteiger partial charge < -0.3 is 4.42 Å². The summed E-state index contributed by atoms with van der Waals surface area (Å²) in [6, 6.07) is 9.38. The second kappa shape index (κ2) is 6.85. The van der Waals surface area contributed by atoms with Crippen molar-refractivity contribution in [3.63, 3.8) is 0 Å². The van der Waals surface area contributed by atoms with Crippen LogP contribution in [0.5, 0.6) is 0 Å². The van der Waals surface area contributed by atoms with Crippen LogP contribution in [0.3, 0.4) is 0 Å². The molecule has 8 heteroatoms. The van der Waals surface area contributed by atoms with E-state index in [1.165, 1.54) is 42.0 Å². The molecule has 1 N–H and O–H groups in total. The average Bonchev–Trinajstić information content (AvgIpc) is 3.33. The average molecular weight is 366 g/mol. The predicted octanol–water partition coefficient (Wildman–Crippen LogP) is 4.25. The molecule has 3 heterocycles. The van der Waals surface area contributed by atoms with Gasteiger partial charge in [0.25, 0.3) is 5.91 Å². The van der Waals surface area contributed by atoms with E-state index in [2.05, 4.69) is 20.3 Å². The first-order chi connectivity index (χ1) is 12.7. The highest BCUT2D eigenvalue weighted by Crippen LogP contribution is 2.29. The topological polar surface area (TPSA) is 80.9 Å². The minimum absolute atomic E-state index is 0.106. The minimum Gasteiger partial charge on any atom is -0.443 e. The summed E-state index contributed by atoms with van der Waals surface area (Å²) in [5, 5.41) is 3.14. The van der Waals surface area contributed by atoms with Crippen molar-refractivity contribution in [3.8, 4) is 21.8 Å². The first kappa shape index (κ1) is 16.1. The third-order valence-corrected chi connectivity index (χ3v) is 4.52. The number of hydrogen-bond acceptors (Lipinski definition) is 6. The Balaban J connectivity index is 1.56. The number of hydrogen-bond donors (Lipinski definition) is 1. The Morgan fingerprint density at radius 1 is 1.08 bits per heavy atom. The lowest BCUT2D eigenvalue weighted by Gasteiger charge is -2.02. The molecular formula is C18H11FN4O2S. The van der Waals surface area contributed by atoms with Crippen LogP contribution >= 0.6 is 11.3 Å². The molecule has 26 heavy (non-hydrogen) atoms. The first-order valence-electron chi connectivity index (χ1n) is 7.58. The quantitative estimate of drug-likeness (QED) is 0.584. The van der Waals surface area contributed by atoms with E-state index in [0.717, 1.165) is 10.4 Å². The van der Waals surface area contributed by atoms with E-state index in [1.807, 2.05) is 12.1 Å². The number of amides is 1. The van der Waals surface area contributed by atoms with Crippen LogP contribution in [0.25, 0.3) is 21.8 Å². The maximum atomic E-state index is 13.1. The fraction of sp³-hybridized carbons (Fsp3) is 0. The highest BCUT2D eigenvalue weighted by atomic mass is 32.1. The fourth-order valence-electron chi connectivity index (χ4n) is 2.34. The molecule has 0 unspecified atom stereocenters. The van der Waals surface area contributed by atoms with E-state index in [-0.39, 0.29) is 17.3 Å². The number of anilines is 1. The van der Waals surface area contributed by atoms with Crippen LogP contribution in [-0.2, 0) is 0 Å². The lowest BCUT2D eigenvalue weighted by atomic mass is 10.1. The van der Waals surface area contributed by atoms with E-state index in [0.29, 0.717) is 10.7 Å². The number of nitrogens with zero attached hydrogens (tertiary/aromatic N) is 3. The molecule has 6 nitrogen and oxygen atoms in total. The molecule has 0 spiro atoms. The lowest BCUT2D eigenvalue weighted by Crippen LogP contribution is -2.13. The molecule has 4 rings (SSSR count). The SMILES string of the molecule is O=C(Nc1ncc(-c2cccnc2)s1)c1ncoc1-c1ccc(F)cc1. The number of carbonyl (C=O) groups is 1. The Morgan fingerprint density at radius 2 is 1.92 bits per heavy atom. The third-order valence-electron chi connectivity index (χ3n) is 3.56. The van der Waals surface area contributed by atoms with Gasteiger partial charge in [-0.15, -0.1) is 0 Å². The Bertz CT molecular complexity index is 1040. The van der Waals surface area contributed by atoms with E-state index in [9.17, 15) is 9.18 Å². The van der Waals surface area contributed by atoms with Gasteiger partial charge in [-0.2, -0.15) is 0 Å². The van der Waals surface area contributed by atoms with Gasteiger partial charge in [-0.05, 0) is 30.3 Å². The monoisotopic (exact) mass is 366 g/mol. The van der Waals surface area contributed by atoms with Crippen LogP contribution < -0.4 is 5.32 Å². The molecule has 0 bridgehead atoms. The molecular weight excluding hydrogens is 355 g/mol. The van der Waals surface area contributed by atoms with Gasteiger partial charge in [0.2, 0.25) is 0 Å². The van der Waals surface area contributed by atoms with Gasteiger partial charge in [0.05, 0.1) is 4.88 Å². The van der Waals surface area contributed by atoms with Crippen molar-refractivity contribution in [3.05, 3.63) is 72.9 Å². The van der Waals surface area contributed by atoms with E-state index >= 15 is 0 Å².